The van der Waals surface area contributed by atoms with Crippen LogP contribution in [0.15, 0.2) is 63.4 Å². The van der Waals surface area contributed by atoms with Crippen molar-refractivity contribution >= 4 is 39.1 Å². The Bertz CT molecular complexity index is 1290. The number of methoxy groups -OCH3 is 1. The van der Waals surface area contributed by atoms with Gasteiger partial charge in [-0.05, 0) is 68.0 Å². The van der Waals surface area contributed by atoms with Crippen molar-refractivity contribution in [2.24, 2.45) is 0 Å². The zero-order valence-electron chi connectivity index (χ0n) is 22.4. The fourth-order valence-corrected chi connectivity index (χ4v) is 6.43. The van der Waals surface area contributed by atoms with Gasteiger partial charge in [-0.15, -0.1) is 0 Å². The minimum atomic E-state index is -0.466. The number of allylic oxidation sites excluding steroid dienone is 4. The molecule has 0 N–H and O–H groups in total. The second kappa shape index (κ2) is 12.3. The lowest BCUT2D eigenvalue weighted by Gasteiger charge is -2.44. The van der Waals surface area contributed by atoms with Crippen LogP contribution < -0.4 is 9.47 Å². The number of nitrogens with zero attached hydrogens (tertiary/aromatic N) is 1. The molecule has 0 saturated carbocycles. The lowest BCUT2D eigenvalue weighted by atomic mass is 9.71. The Morgan fingerprint density at radius 1 is 0.949 bits per heavy atom. The summed E-state index contributed by atoms with van der Waals surface area (Å²) in [6.07, 6.45) is 4.16. The van der Waals surface area contributed by atoms with Gasteiger partial charge in [0.1, 0.15) is 6.61 Å². The number of rotatable bonds is 9. The molecule has 5 rings (SSSR count). The lowest BCUT2D eigenvalue weighted by molar-refractivity contribution is -0.117. The number of carbonyl (C=O) groups excluding carboxylic acids is 2. The zero-order chi connectivity index (χ0) is 27.5. The Morgan fingerprint density at radius 2 is 1.59 bits per heavy atom. The minimum absolute atomic E-state index is 0.0956. The maximum absolute atomic E-state index is 13.5. The molecule has 0 atom stereocenters. The van der Waals surface area contributed by atoms with Crippen LogP contribution in [0, 0.1) is 0 Å². The molecule has 0 fully saturated rings. The largest absolute Gasteiger partial charge is 0.490 e. The van der Waals surface area contributed by atoms with E-state index in [4.69, 9.17) is 25.8 Å². The van der Waals surface area contributed by atoms with Crippen LogP contribution >= 0.6 is 27.5 Å². The molecule has 8 heteroatoms. The maximum Gasteiger partial charge on any atom is 0.180 e. The van der Waals surface area contributed by atoms with E-state index in [1.807, 2.05) is 43.3 Å². The molecule has 0 amide bonds. The van der Waals surface area contributed by atoms with Crippen LogP contribution in [0.3, 0.4) is 0 Å². The number of hydrogen-bond donors (Lipinski definition) is 0. The highest BCUT2D eigenvalue weighted by atomic mass is 79.9. The van der Waals surface area contributed by atoms with E-state index >= 15 is 0 Å². The molecule has 2 aromatic carbocycles. The number of hydrogen-bond acceptors (Lipinski definition) is 6. The van der Waals surface area contributed by atoms with Gasteiger partial charge in [-0.1, -0.05) is 39.7 Å². The van der Waals surface area contributed by atoms with Gasteiger partial charge in [0.2, 0.25) is 0 Å². The second-order valence-electron chi connectivity index (χ2n) is 10.0. The molecule has 3 aliphatic rings. The molecular formula is C31H33BrClNO5. The van der Waals surface area contributed by atoms with Crippen molar-refractivity contribution in [2.75, 3.05) is 26.9 Å². The van der Waals surface area contributed by atoms with Crippen molar-refractivity contribution in [3.8, 4) is 11.5 Å². The van der Waals surface area contributed by atoms with Crippen LogP contribution in [0.2, 0.25) is 5.02 Å². The average Bonchev–Trinajstić information content (AvgIpc) is 2.92. The summed E-state index contributed by atoms with van der Waals surface area (Å²) in [4.78, 5) is 29.2. The fourth-order valence-electron chi connectivity index (χ4n) is 5.90. The SMILES string of the molecule is CCOc1cc(C2C3=C(CCCC3=O)N(CCOC)C3=C2C(=O)CCC3)cc(Cl)c1OCc1ccc(Br)cc1. The van der Waals surface area contributed by atoms with Gasteiger partial charge in [0.05, 0.1) is 18.2 Å². The van der Waals surface area contributed by atoms with Gasteiger partial charge in [-0.25, -0.2) is 0 Å². The molecule has 206 valence electrons. The summed E-state index contributed by atoms with van der Waals surface area (Å²) >= 11 is 10.3. The number of carbonyl (C=O) groups is 2. The first-order chi connectivity index (χ1) is 18.9. The predicted molar refractivity (Wildman–Crippen MR) is 154 cm³/mol. The van der Waals surface area contributed by atoms with E-state index in [1.165, 1.54) is 0 Å². The molecule has 2 aromatic rings. The second-order valence-corrected chi connectivity index (χ2v) is 11.4. The quantitative estimate of drug-likeness (QED) is 0.299. The number of benzene rings is 2. The number of Topliss-reactive ketones (excluding diaryl/α,β-unsaturated/α-hetero) is 2. The number of ketones is 2. The van der Waals surface area contributed by atoms with Crippen molar-refractivity contribution in [3.05, 3.63) is 79.6 Å². The van der Waals surface area contributed by atoms with Crippen LogP contribution in [0.5, 0.6) is 11.5 Å². The molecular weight excluding hydrogens is 582 g/mol. The standard InChI is InChI=1S/C31H33BrClNO5/c1-3-38-27-17-20(16-22(33)31(27)39-18-19-10-12-21(32)13-11-19)28-29-23(6-4-8-25(29)35)34(14-15-37-2)24-7-5-9-26(36)30(24)28/h10-13,16-17,28H,3-9,14-15,18H2,1-2H3. The fraction of sp³-hybridized carbons (Fsp3) is 0.419. The Balaban J connectivity index is 1.60. The van der Waals surface area contributed by atoms with Crippen molar-refractivity contribution in [2.45, 2.75) is 58.0 Å². The van der Waals surface area contributed by atoms with E-state index in [9.17, 15) is 9.59 Å². The Labute approximate surface area is 243 Å². The highest BCUT2D eigenvalue weighted by Crippen LogP contribution is 2.51. The summed E-state index contributed by atoms with van der Waals surface area (Å²) in [6, 6.07) is 11.6. The molecule has 0 saturated heterocycles. The summed E-state index contributed by atoms with van der Waals surface area (Å²) in [5.74, 6) is 0.689. The smallest absolute Gasteiger partial charge is 0.180 e. The third kappa shape index (κ3) is 5.67. The molecule has 1 heterocycles. The molecule has 1 aliphatic heterocycles. The van der Waals surface area contributed by atoms with Gasteiger partial charge in [0, 0.05) is 59.4 Å². The predicted octanol–water partition coefficient (Wildman–Crippen LogP) is 7.14. The summed E-state index contributed by atoms with van der Waals surface area (Å²) < 4.78 is 18.6. The third-order valence-corrected chi connectivity index (χ3v) is 8.38. The van der Waals surface area contributed by atoms with Crippen LogP contribution in [0.1, 0.15) is 62.5 Å². The van der Waals surface area contributed by atoms with Crippen LogP contribution in [0.25, 0.3) is 0 Å². The summed E-state index contributed by atoms with van der Waals surface area (Å²) in [7, 11) is 1.67. The van der Waals surface area contributed by atoms with E-state index < -0.39 is 5.92 Å². The maximum atomic E-state index is 13.5. The van der Waals surface area contributed by atoms with Gasteiger partial charge >= 0.3 is 0 Å². The average molecular weight is 615 g/mol. The van der Waals surface area contributed by atoms with Crippen molar-refractivity contribution in [3.63, 3.8) is 0 Å². The van der Waals surface area contributed by atoms with Gasteiger partial charge in [0.25, 0.3) is 0 Å². The Morgan fingerprint density at radius 3 is 2.18 bits per heavy atom. The van der Waals surface area contributed by atoms with Gasteiger partial charge in [-0.3, -0.25) is 9.59 Å². The molecule has 2 aliphatic carbocycles. The van der Waals surface area contributed by atoms with Crippen LogP contribution in [-0.2, 0) is 20.9 Å². The normalized spacial score (nSPS) is 17.9. The van der Waals surface area contributed by atoms with Gasteiger partial charge < -0.3 is 19.1 Å². The molecule has 39 heavy (non-hydrogen) atoms. The first-order valence-corrected chi connectivity index (χ1v) is 14.7. The number of halogens is 2. The molecule has 0 aromatic heterocycles. The van der Waals surface area contributed by atoms with Crippen LogP contribution in [-0.4, -0.2) is 43.3 Å². The van der Waals surface area contributed by atoms with E-state index in [1.54, 1.807) is 7.11 Å². The molecule has 0 unspecified atom stereocenters. The first kappa shape index (κ1) is 27.9. The molecule has 0 spiro atoms. The van der Waals surface area contributed by atoms with Crippen LogP contribution in [0.4, 0.5) is 0 Å². The summed E-state index contributed by atoms with van der Waals surface area (Å²) in [5, 5.41) is 0.394. The van der Waals surface area contributed by atoms with E-state index in [0.717, 1.165) is 52.7 Å². The minimum Gasteiger partial charge on any atom is -0.490 e. The van der Waals surface area contributed by atoms with Crippen molar-refractivity contribution in [1.29, 1.82) is 0 Å². The topological polar surface area (TPSA) is 65.1 Å². The first-order valence-electron chi connectivity index (χ1n) is 13.5. The highest BCUT2D eigenvalue weighted by Gasteiger charge is 2.43. The summed E-state index contributed by atoms with van der Waals surface area (Å²) in [5.41, 5.74) is 5.25. The van der Waals surface area contributed by atoms with E-state index in [2.05, 4.69) is 20.8 Å². The molecule has 6 nitrogen and oxygen atoms in total. The Hall–Kier alpha value is -2.61. The summed E-state index contributed by atoms with van der Waals surface area (Å²) in [6.45, 7) is 3.79. The molecule has 0 radical (unpaired) electrons. The van der Waals surface area contributed by atoms with Gasteiger partial charge in [-0.2, -0.15) is 0 Å². The van der Waals surface area contributed by atoms with Crippen molar-refractivity contribution < 1.29 is 23.8 Å². The van der Waals surface area contributed by atoms with E-state index in [0.29, 0.717) is 66.9 Å². The number of ether oxygens (including phenoxy) is 3. The third-order valence-electron chi connectivity index (χ3n) is 7.57. The molecule has 0 bridgehead atoms. The Kier molecular flexibility index (Phi) is 8.79. The highest BCUT2D eigenvalue weighted by molar-refractivity contribution is 9.10. The zero-order valence-corrected chi connectivity index (χ0v) is 24.7. The lowest BCUT2D eigenvalue weighted by Crippen LogP contribution is -2.40. The van der Waals surface area contributed by atoms with Gasteiger partial charge in [0.15, 0.2) is 23.1 Å². The van der Waals surface area contributed by atoms with E-state index in [-0.39, 0.29) is 11.6 Å². The monoisotopic (exact) mass is 613 g/mol. The van der Waals surface area contributed by atoms with Crippen molar-refractivity contribution in [1.82, 2.24) is 4.90 Å².